The SMILES string of the molecule is CCNc1[nH]ncc1-c1ccnc(NC(C)C)n1. The molecular weight excluding hydrogens is 228 g/mol. The molecule has 0 saturated heterocycles. The Bertz CT molecular complexity index is 505. The maximum absolute atomic E-state index is 4.48. The van der Waals surface area contributed by atoms with E-state index in [-0.39, 0.29) is 0 Å². The Morgan fingerprint density at radius 3 is 2.94 bits per heavy atom. The Balaban J connectivity index is 2.29. The molecule has 0 amide bonds. The third kappa shape index (κ3) is 2.77. The molecule has 0 aliphatic carbocycles. The predicted molar refractivity (Wildman–Crippen MR) is 72.5 cm³/mol. The van der Waals surface area contributed by atoms with Crippen molar-refractivity contribution in [3.05, 3.63) is 18.5 Å². The molecule has 3 N–H and O–H groups in total. The summed E-state index contributed by atoms with van der Waals surface area (Å²) in [6.45, 7) is 6.98. The molecule has 0 radical (unpaired) electrons. The first-order valence-electron chi connectivity index (χ1n) is 6.08. The van der Waals surface area contributed by atoms with E-state index < -0.39 is 0 Å². The fraction of sp³-hybridized carbons (Fsp3) is 0.417. The van der Waals surface area contributed by atoms with Crippen LogP contribution in [0.3, 0.4) is 0 Å². The van der Waals surface area contributed by atoms with Crippen LogP contribution < -0.4 is 10.6 Å². The summed E-state index contributed by atoms with van der Waals surface area (Å²) >= 11 is 0. The summed E-state index contributed by atoms with van der Waals surface area (Å²) in [5.74, 6) is 1.51. The van der Waals surface area contributed by atoms with Crippen molar-refractivity contribution in [2.75, 3.05) is 17.2 Å². The summed E-state index contributed by atoms with van der Waals surface area (Å²) < 4.78 is 0. The molecule has 0 aliphatic rings. The van der Waals surface area contributed by atoms with Crippen LogP contribution >= 0.6 is 0 Å². The van der Waals surface area contributed by atoms with Gasteiger partial charge in [0.15, 0.2) is 0 Å². The molecule has 2 heterocycles. The van der Waals surface area contributed by atoms with Gasteiger partial charge in [0.05, 0.1) is 17.5 Å². The van der Waals surface area contributed by atoms with Crippen molar-refractivity contribution in [1.82, 2.24) is 20.2 Å². The number of hydrogen-bond donors (Lipinski definition) is 3. The molecular formula is C12H18N6. The van der Waals surface area contributed by atoms with E-state index in [2.05, 4.69) is 44.6 Å². The van der Waals surface area contributed by atoms with Gasteiger partial charge in [-0.1, -0.05) is 0 Å². The predicted octanol–water partition coefficient (Wildman–Crippen LogP) is 2.12. The normalized spacial score (nSPS) is 10.7. The lowest BCUT2D eigenvalue weighted by atomic mass is 10.2. The molecule has 6 heteroatoms. The van der Waals surface area contributed by atoms with Crippen LogP contribution in [-0.2, 0) is 0 Å². The van der Waals surface area contributed by atoms with Gasteiger partial charge in [-0.2, -0.15) is 5.10 Å². The highest BCUT2D eigenvalue weighted by molar-refractivity contribution is 5.72. The average molecular weight is 246 g/mol. The lowest BCUT2D eigenvalue weighted by Gasteiger charge is -2.09. The summed E-state index contributed by atoms with van der Waals surface area (Å²) in [6.07, 6.45) is 3.51. The first-order chi connectivity index (χ1) is 8.70. The van der Waals surface area contributed by atoms with Gasteiger partial charge < -0.3 is 10.6 Å². The molecule has 0 fully saturated rings. The van der Waals surface area contributed by atoms with E-state index in [1.54, 1.807) is 12.4 Å². The van der Waals surface area contributed by atoms with Crippen LogP contribution in [0.4, 0.5) is 11.8 Å². The quantitative estimate of drug-likeness (QED) is 0.753. The number of aromatic nitrogens is 4. The van der Waals surface area contributed by atoms with Crippen LogP contribution in [0, 0.1) is 0 Å². The van der Waals surface area contributed by atoms with Crippen molar-refractivity contribution in [2.24, 2.45) is 0 Å². The number of nitrogens with one attached hydrogen (secondary N) is 3. The van der Waals surface area contributed by atoms with Gasteiger partial charge >= 0.3 is 0 Å². The van der Waals surface area contributed by atoms with Crippen LogP contribution in [0.25, 0.3) is 11.3 Å². The molecule has 2 aromatic heterocycles. The van der Waals surface area contributed by atoms with Crippen LogP contribution in [0.15, 0.2) is 18.5 Å². The standard InChI is InChI=1S/C12H18N6/c1-4-13-11-9(7-15-18-11)10-5-6-14-12(17-10)16-8(2)3/h5-8H,4H2,1-3H3,(H2,13,15,18)(H,14,16,17). The molecule has 18 heavy (non-hydrogen) atoms. The number of rotatable bonds is 5. The van der Waals surface area contributed by atoms with E-state index in [9.17, 15) is 0 Å². The van der Waals surface area contributed by atoms with E-state index in [0.717, 1.165) is 23.6 Å². The minimum Gasteiger partial charge on any atom is -0.370 e. The van der Waals surface area contributed by atoms with Crippen LogP contribution in [0.1, 0.15) is 20.8 Å². The zero-order valence-electron chi connectivity index (χ0n) is 10.9. The van der Waals surface area contributed by atoms with Crippen LogP contribution in [-0.4, -0.2) is 32.8 Å². The van der Waals surface area contributed by atoms with Gasteiger partial charge in [-0.25, -0.2) is 9.97 Å². The van der Waals surface area contributed by atoms with Crippen molar-refractivity contribution >= 4 is 11.8 Å². The first-order valence-corrected chi connectivity index (χ1v) is 6.08. The minimum atomic E-state index is 0.304. The lowest BCUT2D eigenvalue weighted by Crippen LogP contribution is -2.12. The van der Waals surface area contributed by atoms with E-state index in [1.807, 2.05) is 13.0 Å². The zero-order chi connectivity index (χ0) is 13.0. The van der Waals surface area contributed by atoms with Crippen molar-refractivity contribution in [2.45, 2.75) is 26.8 Å². The van der Waals surface area contributed by atoms with Crippen molar-refractivity contribution in [3.8, 4) is 11.3 Å². The second kappa shape index (κ2) is 5.48. The largest absolute Gasteiger partial charge is 0.370 e. The summed E-state index contributed by atoms with van der Waals surface area (Å²) in [7, 11) is 0. The Morgan fingerprint density at radius 1 is 1.39 bits per heavy atom. The van der Waals surface area contributed by atoms with Gasteiger partial charge in [-0.15, -0.1) is 0 Å². The Kier molecular flexibility index (Phi) is 3.76. The topological polar surface area (TPSA) is 78.5 Å². The molecule has 2 aromatic rings. The molecule has 0 bridgehead atoms. The Labute approximate surface area is 106 Å². The van der Waals surface area contributed by atoms with Gasteiger partial charge in [0.1, 0.15) is 5.82 Å². The van der Waals surface area contributed by atoms with Crippen LogP contribution in [0.2, 0.25) is 0 Å². The molecule has 0 atom stereocenters. The van der Waals surface area contributed by atoms with Crippen molar-refractivity contribution in [1.29, 1.82) is 0 Å². The number of H-pyrrole nitrogens is 1. The number of nitrogens with zero attached hydrogens (tertiary/aromatic N) is 3. The maximum atomic E-state index is 4.48. The molecule has 0 unspecified atom stereocenters. The second-order valence-electron chi connectivity index (χ2n) is 4.25. The molecule has 0 saturated carbocycles. The Morgan fingerprint density at radius 2 is 2.22 bits per heavy atom. The van der Waals surface area contributed by atoms with Gasteiger partial charge in [-0.3, -0.25) is 5.10 Å². The van der Waals surface area contributed by atoms with E-state index in [1.165, 1.54) is 0 Å². The molecule has 0 spiro atoms. The highest BCUT2D eigenvalue weighted by Gasteiger charge is 2.09. The molecule has 0 aliphatic heterocycles. The smallest absolute Gasteiger partial charge is 0.223 e. The number of anilines is 2. The maximum Gasteiger partial charge on any atom is 0.223 e. The third-order valence-electron chi connectivity index (χ3n) is 2.34. The number of aromatic amines is 1. The summed E-state index contributed by atoms with van der Waals surface area (Å²) in [6, 6.07) is 2.18. The first kappa shape index (κ1) is 12.3. The molecule has 96 valence electrons. The summed E-state index contributed by atoms with van der Waals surface area (Å²) in [4.78, 5) is 8.67. The molecule has 6 nitrogen and oxygen atoms in total. The fourth-order valence-corrected chi connectivity index (χ4v) is 1.63. The van der Waals surface area contributed by atoms with E-state index in [0.29, 0.717) is 12.0 Å². The number of hydrogen-bond acceptors (Lipinski definition) is 5. The molecule has 2 rings (SSSR count). The summed E-state index contributed by atoms with van der Waals surface area (Å²) in [5, 5.41) is 13.4. The average Bonchev–Trinajstić information content (AvgIpc) is 2.77. The van der Waals surface area contributed by atoms with Gasteiger partial charge in [0, 0.05) is 18.8 Å². The van der Waals surface area contributed by atoms with E-state index >= 15 is 0 Å². The third-order valence-corrected chi connectivity index (χ3v) is 2.34. The highest BCUT2D eigenvalue weighted by atomic mass is 15.2. The summed E-state index contributed by atoms with van der Waals surface area (Å²) in [5.41, 5.74) is 1.80. The van der Waals surface area contributed by atoms with Crippen molar-refractivity contribution < 1.29 is 0 Å². The van der Waals surface area contributed by atoms with Gasteiger partial charge in [0.2, 0.25) is 5.95 Å². The second-order valence-corrected chi connectivity index (χ2v) is 4.25. The van der Waals surface area contributed by atoms with Crippen LogP contribution in [0.5, 0.6) is 0 Å². The lowest BCUT2D eigenvalue weighted by molar-refractivity contribution is 0.875. The van der Waals surface area contributed by atoms with E-state index in [4.69, 9.17) is 0 Å². The van der Waals surface area contributed by atoms with Crippen molar-refractivity contribution in [3.63, 3.8) is 0 Å². The Hall–Kier alpha value is -2.11. The highest BCUT2D eigenvalue weighted by Crippen LogP contribution is 2.24. The molecule has 0 aromatic carbocycles. The minimum absolute atomic E-state index is 0.304. The van der Waals surface area contributed by atoms with Gasteiger partial charge in [-0.05, 0) is 26.8 Å². The van der Waals surface area contributed by atoms with Gasteiger partial charge in [0.25, 0.3) is 0 Å². The fourth-order valence-electron chi connectivity index (χ4n) is 1.63. The monoisotopic (exact) mass is 246 g/mol. The zero-order valence-corrected chi connectivity index (χ0v) is 10.9.